The second kappa shape index (κ2) is 7.77. The van der Waals surface area contributed by atoms with Gasteiger partial charge < -0.3 is 4.90 Å². The summed E-state index contributed by atoms with van der Waals surface area (Å²) in [5.74, 6) is -0.678. The van der Waals surface area contributed by atoms with E-state index >= 15 is 0 Å². The smallest absolute Gasteiger partial charge is 0.256 e. The molecule has 1 aliphatic rings. The Bertz CT molecular complexity index is 714. The number of rotatable bonds is 4. The van der Waals surface area contributed by atoms with E-state index in [4.69, 9.17) is 11.6 Å². The van der Waals surface area contributed by atoms with Crippen molar-refractivity contribution in [2.45, 2.75) is 6.42 Å². The van der Waals surface area contributed by atoms with E-state index in [2.05, 4.69) is 4.90 Å². The molecule has 24 heavy (non-hydrogen) atoms. The van der Waals surface area contributed by atoms with E-state index < -0.39 is 5.82 Å². The van der Waals surface area contributed by atoms with Crippen LogP contribution in [0.15, 0.2) is 48.5 Å². The summed E-state index contributed by atoms with van der Waals surface area (Å²) in [6.45, 7) is 3.74. The molecule has 0 aromatic heterocycles. The minimum absolute atomic E-state index is 0.155. The minimum Gasteiger partial charge on any atom is -0.336 e. The number of benzene rings is 2. The van der Waals surface area contributed by atoms with E-state index in [1.807, 2.05) is 24.3 Å². The first-order valence-corrected chi connectivity index (χ1v) is 8.52. The van der Waals surface area contributed by atoms with Gasteiger partial charge in [-0.25, -0.2) is 4.39 Å². The molecule has 1 fully saturated rings. The summed E-state index contributed by atoms with van der Waals surface area (Å²) in [6, 6.07) is 14.0. The molecule has 126 valence electrons. The van der Waals surface area contributed by atoms with Crippen LogP contribution in [0.2, 0.25) is 5.02 Å². The number of carbonyl (C=O) groups is 1. The van der Waals surface area contributed by atoms with Gasteiger partial charge in [-0.3, -0.25) is 9.69 Å². The van der Waals surface area contributed by atoms with Crippen LogP contribution in [0.25, 0.3) is 0 Å². The molecule has 1 amide bonds. The third-order valence-corrected chi connectivity index (χ3v) is 4.79. The summed E-state index contributed by atoms with van der Waals surface area (Å²) in [5.41, 5.74) is 1.30. The highest BCUT2D eigenvalue weighted by atomic mass is 35.5. The van der Waals surface area contributed by atoms with Crippen LogP contribution >= 0.6 is 11.6 Å². The second-order valence-electron chi connectivity index (χ2n) is 5.96. The van der Waals surface area contributed by atoms with E-state index in [0.29, 0.717) is 13.1 Å². The van der Waals surface area contributed by atoms with Gasteiger partial charge in [-0.1, -0.05) is 41.9 Å². The maximum absolute atomic E-state index is 13.7. The average molecular weight is 347 g/mol. The summed E-state index contributed by atoms with van der Waals surface area (Å²) in [5, 5.41) is 0.797. The molecule has 0 bridgehead atoms. The van der Waals surface area contributed by atoms with E-state index in [1.165, 1.54) is 6.07 Å². The molecule has 1 heterocycles. The van der Waals surface area contributed by atoms with Crippen LogP contribution in [0.4, 0.5) is 4.39 Å². The van der Waals surface area contributed by atoms with Gasteiger partial charge in [-0.05, 0) is 30.2 Å². The fourth-order valence-corrected chi connectivity index (χ4v) is 3.19. The number of piperazine rings is 1. The third kappa shape index (κ3) is 3.94. The number of amides is 1. The predicted molar refractivity (Wildman–Crippen MR) is 93.9 cm³/mol. The lowest BCUT2D eigenvalue weighted by Gasteiger charge is -2.34. The van der Waals surface area contributed by atoms with E-state index in [0.717, 1.165) is 36.6 Å². The number of carbonyl (C=O) groups excluding carboxylic acids is 1. The maximum Gasteiger partial charge on any atom is 0.256 e. The largest absolute Gasteiger partial charge is 0.336 e. The lowest BCUT2D eigenvalue weighted by molar-refractivity contribution is 0.0634. The molecule has 0 radical (unpaired) electrons. The Kier molecular flexibility index (Phi) is 5.48. The van der Waals surface area contributed by atoms with Gasteiger partial charge in [0.2, 0.25) is 0 Å². The molecule has 3 nitrogen and oxygen atoms in total. The molecule has 5 heteroatoms. The van der Waals surface area contributed by atoms with Gasteiger partial charge in [0.1, 0.15) is 5.82 Å². The highest BCUT2D eigenvalue weighted by Gasteiger charge is 2.23. The fraction of sp³-hybridized carbons (Fsp3) is 0.316. The first-order valence-electron chi connectivity index (χ1n) is 8.15. The first-order chi connectivity index (χ1) is 11.6. The molecule has 3 rings (SSSR count). The summed E-state index contributed by atoms with van der Waals surface area (Å²) in [7, 11) is 0. The van der Waals surface area contributed by atoms with Crippen molar-refractivity contribution in [1.82, 2.24) is 9.80 Å². The molecule has 0 aliphatic carbocycles. The Morgan fingerprint density at radius 2 is 1.67 bits per heavy atom. The molecular formula is C19H20ClFN2O. The lowest BCUT2D eigenvalue weighted by atomic mass is 10.1. The van der Waals surface area contributed by atoms with Gasteiger partial charge >= 0.3 is 0 Å². The molecule has 0 atom stereocenters. The normalized spacial score (nSPS) is 15.5. The third-order valence-electron chi connectivity index (χ3n) is 4.42. The molecule has 0 unspecified atom stereocenters. The van der Waals surface area contributed by atoms with Gasteiger partial charge in [0.15, 0.2) is 0 Å². The van der Waals surface area contributed by atoms with Crippen molar-refractivity contribution >= 4 is 17.5 Å². The Hall–Kier alpha value is -1.91. The van der Waals surface area contributed by atoms with Crippen LogP contribution < -0.4 is 0 Å². The number of halogens is 2. The van der Waals surface area contributed by atoms with Gasteiger partial charge in [-0.2, -0.15) is 0 Å². The van der Waals surface area contributed by atoms with Gasteiger partial charge in [0.05, 0.1) is 5.56 Å². The molecular weight excluding hydrogens is 327 g/mol. The van der Waals surface area contributed by atoms with Crippen LogP contribution in [0.5, 0.6) is 0 Å². The molecule has 0 saturated carbocycles. The molecule has 0 N–H and O–H groups in total. The van der Waals surface area contributed by atoms with Crippen LogP contribution in [0.1, 0.15) is 15.9 Å². The molecule has 2 aromatic carbocycles. The molecule has 1 saturated heterocycles. The number of nitrogens with zero attached hydrogens (tertiary/aromatic N) is 2. The average Bonchev–Trinajstić information content (AvgIpc) is 2.61. The standard InChI is InChI=1S/C19H20ClFN2O/c20-17-7-3-1-5-15(17)9-10-22-11-13-23(14-12-22)19(24)16-6-2-4-8-18(16)21/h1-8H,9-14H2. The van der Waals surface area contributed by atoms with Crippen molar-refractivity contribution in [3.63, 3.8) is 0 Å². The zero-order chi connectivity index (χ0) is 16.9. The SMILES string of the molecule is O=C(c1ccccc1F)N1CCN(CCc2ccccc2Cl)CC1. The minimum atomic E-state index is -0.455. The zero-order valence-electron chi connectivity index (χ0n) is 13.4. The van der Waals surface area contributed by atoms with Crippen molar-refractivity contribution in [3.8, 4) is 0 Å². The lowest BCUT2D eigenvalue weighted by Crippen LogP contribution is -2.49. The Morgan fingerprint density at radius 1 is 1.00 bits per heavy atom. The number of hydrogen-bond donors (Lipinski definition) is 0. The van der Waals surface area contributed by atoms with Gasteiger partial charge in [0, 0.05) is 37.7 Å². The summed E-state index contributed by atoms with van der Waals surface area (Å²) in [4.78, 5) is 16.4. The van der Waals surface area contributed by atoms with Crippen LogP contribution in [-0.2, 0) is 6.42 Å². The fourth-order valence-electron chi connectivity index (χ4n) is 2.96. The predicted octanol–water partition coefficient (Wildman–Crippen LogP) is 3.48. The highest BCUT2D eigenvalue weighted by molar-refractivity contribution is 6.31. The Labute approximate surface area is 146 Å². The van der Waals surface area contributed by atoms with Crippen molar-refractivity contribution < 1.29 is 9.18 Å². The summed E-state index contributed by atoms with van der Waals surface area (Å²) in [6.07, 6.45) is 0.890. The maximum atomic E-state index is 13.7. The molecule has 0 spiro atoms. The highest BCUT2D eigenvalue weighted by Crippen LogP contribution is 2.17. The molecule has 1 aliphatic heterocycles. The zero-order valence-corrected chi connectivity index (χ0v) is 14.2. The monoisotopic (exact) mass is 346 g/mol. The van der Waals surface area contributed by atoms with Crippen molar-refractivity contribution in [2.24, 2.45) is 0 Å². The van der Waals surface area contributed by atoms with E-state index in [1.54, 1.807) is 23.1 Å². The van der Waals surface area contributed by atoms with Crippen molar-refractivity contribution in [2.75, 3.05) is 32.7 Å². The first kappa shape index (κ1) is 16.9. The van der Waals surface area contributed by atoms with Crippen molar-refractivity contribution in [1.29, 1.82) is 0 Å². The molecule has 2 aromatic rings. The Balaban J connectivity index is 1.52. The van der Waals surface area contributed by atoms with E-state index in [-0.39, 0.29) is 11.5 Å². The van der Waals surface area contributed by atoms with Gasteiger partial charge in [-0.15, -0.1) is 0 Å². The summed E-state index contributed by atoms with van der Waals surface area (Å²) < 4.78 is 13.7. The quantitative estimate of drug-likeness (QED) is 0.846. The Morgan fingerprint density at radius 3 is 2.38 bits per heavy atom. The second-order valence-corrected chi connectivity index (χ2v) is 6.36. The summed E-state index contributed by atoms with van der Waals surface area (Å²) >= 11 is 6.18. The van der Waals surface area contributed by atoms with E-state index in [9.17, 15) is 9.18 Å². The van der Waals surface area contributed by atoms with Crippen LogP contribution in [0.3, 0.4) is 0 Å². The van der Waals surface area contributed by atoms with Crippen LogP contribution in [-0.4, -0.2) is 48.4 Å². The topological polar surface area (TPSA) is 23.6 Å². The number of hydrogen-bond acceptors (Lipinski definition) is 2. The van der Waals surface area contributed by atoms with Crippen LogP contribution in [0, 0.1) is 5.82 Å². The van der Waals surface area contributed by atoms with Crippen molar-refractivity contribution in [3.05, 3.63) is 70.5 Å². The van der Waals surface area contributed by atoms with Gasteiger partial charge in [0.25, 0.3) is 5.91 Å².